The molecule has 1 aromatic carbocycles. The molecule has 0 aliphatic carbocycles. The Hall–Kier alpha value is -2.14. The van der Waals surface area contributed by atoms with Crippen molar-refractivity contribution < 1.29 is 13.3 Å². The summed E-state index contributed by atoms with van der Waals surface area (Å²) in [6, 6.07) is 6.13. The van der Waals surface area contributed by atoms with Gasteiger partial charge in [0.25, 0.3) is 0 Å². The Balaban J connectivity index is 2.79. The number of benzene rings is 1. The maximum Gasteiger partial charge on any atom is 0.309 e. The van der Waals surface area contributed by atoms with Gasteiger partial charge in [0.1, 0.15) is 27.2 Å². The summed E-state index contributed by atoms with van der Waals surface area (Å²) in [5.74, 6) is 0.00569. The van der Waals surface area contributed by atoms with Gasteiger partial charge < -0.3 is 5.32 Å². The van der Waals surface area contributed by atoms with Gasteiger partial charge in [0, 0.05) is 12.8 Å². The smallest absolute Gasteiger partial charge is 0.309 e. The maximum atomic E-state index is 10.9. The van der Waals surface area contributed by atoms with Gasteiger partial charge in [-0.1, -0.05) is 6.07 Å². The maximum absolute atomic E-state index is 10.9. The van der Waals surface area contributed by atoms with E-state index in [2.05, 4.69) is 5.32 Å². The van der Waals surface area contributed by atoms with Crippen LogP contribution in [-0.2, 0) is 9.84 Å². The molecule has 0 fully saturated rings. The number of nitro groups is 1. The molecule has 7 nitrogen and oxygen atoms in total. The van der Waals surface area contributed by atoms with Gasteiger partial charge in [-0.3, -0.25) is 10.1 Å². The molecule has 0 saturated carbocycles. The fourth-order valence-electron chi connectivity index (χ4n) is 1.53. The predicted octanol–water partition coefficient (Wildman–Crippen LogP) is 1.31. The van der Waals surface area contributed by atoms with Crippen molar-refractivity contribution in [2.24, 2.45) is 0 Å². The van der Waals surface area contributed by atoms with Crippen molar-refractivity contribution in [3.63, 3.8) is 0 Å². The number of anilines is 1. The molecule has 0 unspecified atom stereocenters. The molecule has 0 amide bonds. The van der Waals surface area contributed by atoms with E-state index in [1.807, 2.05) is 0 Å². The highest BCUT2D eigenvalue weighted by atomic mass is 32.2. The molecule has 0 aliphatic heterocycles. The average Bonchev–Trinajstić information content (AvgIpc) is 2.32. The fourth-order valence-corrected chi connectivity index (χ4v) is 2.20. The molecule has 1 N–H and O–H groups in total. The molecule has 0 bridgehead atoms. The second kappa shape index (κ2) is 6.15. The fraction of sp³-hybridized carbons (Fsp3) is 0.364. The Kier molecular flexibility index (Phi) is 4.83. The summed E-state index contributed by atoms with van der Waals surface area (Å²) in [6.07, 6.45) is 1.47. The molecule has 0 aliphatic rings. The minimum absolute atomic E-state index is 0.00569. The minimum Gasteiger partial charge on any atom is -0.379 e. The first-order chi connectivity index (χ1) is 8.85. The summed E-state index contributed by atoms with van der Waals surface area (Å²) in [5.41, 5.74) is -0.0972. The zero-order chi connectivity index (χ0) is 14.5. The lowest BCUT2D eigenvalue weighted by Gasteiger charge is -2.07. The van der Waals surface area contributed by atoms with Crippen molar-refractivity contribution in [2.75, 3.05) is 23.9 Å². The molecule has 0 spiro atoms. The quantitative estimate of drug-likeness (QED) is 0.478. The summed E-state index contributed by atoms with van der Waals surface area (Å²) >= 11 is 0. The molecule has 0 saturated heterocycles. The number of nitrogens with one attached hydrogen (secondary N) is 1. The normalized spacial score (nSPS) is 10.7. The molecule has 0 heterocycles. The van der Waals surface area contributed by atoms with Crippen molar-refractivity contribution in [1.29, 1.82) is 5.26 Å². The van der Waals surface area contributed by atoms with Crippen LogP contribution in [0.1, 0.15) is 12.0 Å². The third-order valence-corrected chi connectivity index (χ3v) is 3.38. The number of para-hydroxylation sites is 1. The standard InChI is InChI=1S/C11H13N3O4S/c1-19(17,18)7-3-6-13-10-5-2-4-9(8-12)11(10)14(15)16/h2,4-5,13H,3,6-7H2,1H3. The van der Waals surface area contributed by atoms with E-state index < -0.39 is 14.8 Å². The van der Waals surface area contributed by atoms with Crippen molar-refractivity contribution >= 4 is 21.2 Å². The second-order valence-electron chi connectivity index (χ2n) is 3.98. The molecule has 0 aromatic heterocycles. The van der Waals surface area contributed by atoms with Gasteiger partial charge >= 0.3 is 5.69 Å². The summed E-state index contributed by atoms with van der Waals surface area (Å²) in [5, 5.41) is 22.5. The van der Waals surface area contributed by atoms with Crippen LogP contribution in [0.3, 0.4) is 0 Å². The van der Waals surface area contributed by atoms with E-state index in [0.717, 1.165) is 6.26 Å². The molecular formula is C11H13N3O4S. The molecule has 102 valence electrons. The average molecular weight is 283 g/mol. The number of rotatable bonds is 6. The highest BCUT2D eigenvalue weighted by Crippen LogP contribution is 2.27. The van der Waals surface area contributed by atoms with Crippen molar-refractivity contribution in [3.8, 4) is 6.07 Å². The molecule has 1 aromatic rings. The summed E-state index contributed by atoms with van der Waals surface area (Å²) in [4.78, 5) is 10.3. The molecule has 0 radical (unpaired) electrons. The predicted molar refractivity (Wildman–Crippen MR) is 70.6 cm³/mol. The molecule has 1 rings (SSSR count). The van der Waals surface area contributed by atoms with Crippen LogP contribution in [0.2, 0.25) is 0 Å². The first kappa shape index (κ1) is 14.9. The van der Waals surface area contributed by atoms with Crippen LogP contribution in [0.5, 0.6) is 0 Å². The second-order valence-corrected chi connectivity index (χ2v) is 6.24. The number of nitrogens with zero attached hydrogens (tertiary/aromatic N) is 2. The Morgan fingerprint density at radius 1 is 1.47 bits per heavy atom. The van der Waals surface area contributed by atoms with Crippen LogP contribution < -0.4 is 5.32 Å². The number of hydrogen-bond acceptors (Lipinski definition) is 6. The van der Waals surface area contributed by atoms with Crippen LogP contribution >= 0.6 is 0 Å². The minimum atomic E-state index is -3.04. The van der Waals surface area contributed by atoms with E-state index in [1.54, 1.807) is 6.07 Å². The van der Waals surface area contributed by atoms with Crippen LogP contribution in [-0.4, -0.2) is 31.9 Å². The largest absolute Gasteiger partial charge is 0.379 e. The topological polar surface area (TPSA) is 113 Å². The third kappa shape index (κ3) is 4.56. The highest BCUT2D eigenvalue weighted by molar-refractivity contribution is 7.90. The lowest BCUT2D eigenvalue weighted by atomic mass is 10.1. The van der Waals surface area contributed by atoms with E-state index in [-0.39, 0.29) is 29.2 Å². The van der Waals surface area contributed by atoms with Crippen LogP contribution in [0.15, 0.2) is 18.2 Å². The van der Waals surface area contributed by atoms with E-state index in [9.17, 15) is 18.5 Å². The van der Waals surface area contributed by atoms with Crippen LogP contribution in [0.4, 0.5) is 11.4 Å². The van der Waals surface area contributed by atoms with Crippen LogP contribution in [0, 0.1) is 21.4 Å². The molecule has 8 heteroatoms. The van der Waals surface area contributed by atoms with E-state index >= 15 is 0 Å². The summed E-state index contributed by atoms with van der Waals surface area (Å²) < 4.78 is 21.9. The van der Waals surface area contributed by atoms with Crippen LogP contribution in [0.25, 0.3) is 0 Å². The number of sulfone groups is 1. The Labute approximate surface area is 110 Å². The van der Waals surface area contributed by atoms with Gasteiger partial charge in [-0.15, -0.1) is 0 Å². The molecule has 0 atom stereocenters. The van der Waals surface area contributed by atoms with Gasteiger partial charge in [-0.25, -0.2) is 8.42 Å². The first-order valence-corrected chi connectivity index (χ1v) is 7.50. The number of hydrogen-bond donors (Lipinski definition) is 1. The lowest BCUT2D eigenvalue weighted by Crippen LogP contribution is -2.11. The van der Waals surface area contributed by atoms with Crippen molar-refractivity contribution in [3.05, 3.63) is 33.9 Å². The van der Waals surface area contributed by atoms with Gasteiger partial charge in [0.2, 0.25) is 0 Å². The SMILES string of the molecule is CS(=O)(=O)CCCNc1cccc(C#N)c1[N+](=O)[O-]. The Bertz CT molecular complexity index is 619. The summed E-state index contributed by atoms with van der Waals surface area (Å²) in [6.45, 7) is 0.281. The monoisotopic (exact) mass is 283 g/mol. The Morgan fingerprint density at radius 2 is 2.16 bits per heavy atom. The molecular weight excluding hydrogens is 270 g/mol. The highest BCUT2D eigenvalue weighted by Gasteiger charge is 2.19. The number of nitro benzene ring substituents is 1. The zero-order valence-corrected chi connectivity index (χ0v) is 11.1. The third-order valence-electron chi connectivity index (χ3n) is 2.35. The van der Waals surface area contributed by atoms with E-state index in [1.165, 1.54) is 18.2 Å². The number of nitriles is 1. The first-order valence-electron chi connectivity index (χ1n) is 5.44. The lowest BCUT2D eigenvalue weighted by molar-refractivity contribution is -0.384. The van der Waals surface area contributed by atoms with Gasteiger partial charge in [0.05, 0.1) is 10.7 Å². The van der Waals surface area contributed by atoms with E-state index in [0.29, 0.717) is 6.42 Å². The zero-order valence-electron chi connectivity index (χ0n) is 10.3. The summed E-state index contributed by atoms with van der Waals surface area (Å²) in [7, 11) is -3.04. The van der Waals surface area contributed by atoms with Gasteiger partial charge in [-0.2, -0.15) is 5.26 Å². The van der Waals surface area contributed by atoms with Crippen molar-refractivity contribution in [1.82, 2.24) is 0 Å². The Morgan fingerprint density at radius 3 is 2.68 bits per heavy atom. The van der Waals surface area contributed by atoms with Crippen molar-refractivity contribution in [2.45, 2.75) is 6.42 Å². The van der Waals surface area contributed by atoms with Gasteiger partial charge in [0.15, 0.2) is 0 Å². The van der Waals surface area contributed by atoms with E-state index in [4.69, 9.17) is 5.26 Å². The molecule has 19 heavy (non-hydrogen) atoms. The van der Waals surface area contributed by atoms with Gasteiger partial charge in [-0.05, 0) is 18.6 Å².